The van der Waals surface area contributed by atoms with Crippen LogP contribution in [0, 0.1) is 13.8 Å². The molecule has 36 heavy (non-hydrogen) atoms. The molecule has 6 nitrogen and oxygen atoms in total. The molecule has 1 saturated heterocycles. The monoisotopic (exact) mass is 514 g/mol. The van der Waals surface area contributed by atoms with Gasteiger partial charge < -0.3 is 20.5 Å². The third kappa shape index (κ3) is 4.62. The van der Waals surface area contributed by atoms with Gasteiger partial charge in [-0.15, -0.1) is 0 Å². The molecule has 10 heteroatoms. The first-order valence-electron chi connectivity index (χ1n) is 11.6. The number of aryl methyl sites for hydroxylation is 2. The molecule has 0 saturated carbocycles. The average molecular weight is 515 g/mol. The zero-order valence-electron chi connectivity index (χ0n) is 19.8. The molecule has 0 atom stereocenters. The molecule has 0 spiro atoms. The van der Waals surface area contributed by atoms with Crippen LogP contribution in [0.1, 0.15) is 44.3 Å². The van der Waals surface area contributed by atoms with E-state index in [1.54, 1.807) is 16.7 Å². The van der Waals surface area contributed by atoms with Gasteiger partial charge in [0.2, 0.25) is 0 Å². The van der Waals surface area contributed by atoms with E-state index in [0.717, 1.165) is 38.1 Å². The predicted molar refractivity (Wildman–Crippen MR) is 133 cm³/mol. The molecule has 1 aromatic heterocycles. The summed E-state index contributed by atoms with van der Waals surface area (Å²) in [4.78, 5) is 31.6. The van der Waals surface area contributed by atoms with Crippen LogP contribution in [0.4, 0.5) is 18.9 Å². The number of anilines is 1. The first-order valence-corrected chi connectivity index (χ1v) is 12.4. The molecular formula is C26H25F3N4O2S. The molecule has 0 unspecified atom stereocenters. The van der Waals surface area contributed by atoms with Crippen molar-refractivity contribution in [1.29, 1.82) is 0 Å². The van der Waals surface area contributed by atoms with Gasteiger partial charge in [-0.05, 0) is 54.3 Å². The normalized spacial score (nSPS) is 15.9. The van der Waals surface area contributed by atoms with Crippen molar-refractivity contribution in [2.75, 3.05) is 31.1 Å². The number of carbonyl (C=O) groups is 1. The number of aromatic nitrogens is 1. The van der Waals surface area contributed by atoms with Gasteiger partial charge in [0.1, 0.15) is 11.3 Å². The SMILES string of the molecule is Cc1ccc2c(c1)Sc1cc(C)ccc1C2NC(=O)c1cc(N2CCNCC2)c(C(F)(F)F)[nH]c1=O. The van der Waals surface area contributed by atoms with Crippen LogP contribution in [0.25, 0.3) is 0 Å². The van der Waals surface area contributed by atoms with Crippen molar-refractivity contribution in [3.05, 3.63) is 86.3 Å². The lowest BCUT2D eigenvalue weighted by Crippen LogP contribution is -2.45. The number of hydrogen-bond donors (Lipinski definition) is 3. The zero-order chi connectivity index (χ0) is 25.6. The molecule has 3 aromatic rings. The quantitative estimate of drug-likeness (QED) is 0.483. The van der Waals surface area contributed by atoms with Crippen LogP contribution in [0.3, 0.4) is 0 Å². The van der Waals surface area contributed by atoms with Crippen LogP contribution >= 0.6 is 11.8 Å². The smallest absolute Gasteiger partial charge is 0.367 e. The van der Waals surface area contributed by atoms with Gasteiger partial charge in [0.05, 0.1) is 11.7 Å². The van der Waals surface area contributed by atoms with Crippen LogP contribution in [0.5, 0.6) is 0 Å². The Morgan fingerprint density at radius 3 is 2.14 bits per heavy atom. The fourth-order valence-corrected chi connectivity index (χ4v) is 5.98. The Balaban J connectivity index is 1.56. The number of pyridine rings is 1. The van der Waals surface area contributed by atoms with Gasteiger partial charge >= 0.3 is 6.18 Å². The largest absolute Gasteiger partial charge is 0.433 e. The summed E-state index contributed by atoms with van der Waals surface area (Å²) in [6, 6.07) is 12.4. The number of alkyl halides is 3. The number of halogens is 3. The van der Waals surface area contributed by atoms with E-state index in [-0.39, 0.29) is 11.3 Å². The van der Waals surface area contributed by atoms with Gasteiger partial charge in [-0.1, -0.05) is 36.0 Å². The lowest BCUT2D eigenvalue weighted by Gasteiger charge is -2.32. The molecule has 3 N–H and O–H groups in total. The van der Waals surface area contributed by atoms with E-state index in [9.17, 15) is 22.8 Å². The van der Waals surface area contributed by atoms with E-state index in [2.05, 4.69) is 10.6 Å². The minimum absolute atomic E-state index is 0.194. The maximum Gasteiger partial charge on any atom is 0.433 e. The van der Waals surface area contributed by atoms with Crippen molar-refractivity contribution in [1.82, 2.24) is 15.6 Å². The average Bonchev–Trinajstić information content (AvgIpc) is 2.83. The minimum atomic E-state index is -4.76. The maximum atomic E-state index is 13.8. The van der Waals surface area contributed by atoms with Crippen molar-refractivity contribution < 1.29 is 18.0 Å². The van der Waals surface area contributed by atoms with Crippen molar-refractivity contribution >= 4 is 23.4 Å². The number of nitrogens with one attached hydrogen (secondary N) is 3. The minimum Gasteiger partial charge on any atom is -0.367 e. The van der Waals surface area contributed by atoms with Gasteiger partial charge in [0.15, 0.2) is 0 Å². The van der Waals surface area contributed by atoms with Gasteiger partial charge in [-0.2, -0.15) is 13.2 Å². The fourth-order valence-electron chi connectivity index (χ4n) is 4.65. The van der Waals surface area contributed by atoms with Crippen LogP contribution < -0.4 is 21.1 Å². The first-order chi connectivity index (χ1) is 17.1. The summed E-state index contributed by atoms with van der Waals surface area (Å²) in [5.74, 6) is -0.726. The van der Waals surface area contributed by atoms with Crippen LogP contribution in [-0.4, -0.2) is 37.1 Å². The number of fused-ring (bicyclic) bond motifs is 2. The molecule has 1 amide bonds. The van der Waals surface area contributed by atoms with Crippen LogP contribution in [-0.2, 0) is 6.18 Å². The number of hydrogen-bond acceptors (Lipinski definition) is 5. The van der Waals surface area contributed by atoms with E-state index in [1.165, 1.54) is 0 Å². The Bertz CT molecular complexity index is 1350. The van der Waals surface area contributed by atoms with Crippen LogP contribution in [0.2, 0.25) is 0 Å². The molecule has 0 radical (unpaired) electrons. The summed E-state index contributed by atoms with van der Waals surface area (Å²) in [6.45, 7) is 5.64. The summed E-state index contributed by atoms with van der Waals surface area (Å²) in [5, 5.41) is 6.03. The highest BCUT2D eigenvalue weighted by molar-refractivity contribution is 7.99. The summed E-state index contributed by atoms with van der Waals surface area (Å²) in [5.41, 5.74) is 1.14. The fraction of sp³-hybridized carbons (Fsp3) is 0.308. The molecule has 188 valence electrons. The van der Waals surface area contributed by atoms with Crippen molar-refractivity contribution in [2.24, 2.45) is 0 Å². The Hall–Kier alpha value is -3.24. The summed E-state index contributed by atoms with van der Waals surface area (Å²) >= 11 is 1.61. The Morgan fingerprint density at radius 2 is 1.58 bits per heavy atom. The number of aromatic amines is 1. The third-order valence-electron chi connectivity index (χ3n) is 6.46. The van der Waals surface area contributed by atoms with Crippen molar-refractivity contribution in [2.45, 2.75) is 35.9 Å². The number of carbonyl (C=O) groups excluding carboxylic acids is 1. The lowest BCUT2D eigenvalue weighted by atomic mass is 9.95. The summed E-state index contributed by atoms with van der Waals surface area (Å²) < 4.78 is 41.3. The Morgan fingerprint density at radius 1 is 1.00 bits per heavy atom. The molecule has 2 aliphatic rings. The maximum absolute atomic E-state index is 13.8. The predicted octanol–water partition coefficient (Wildman–Crippen LogP) is 4.40. The Labute approximate surface area is 210 Å². The van der Waals surface area contributed by atoms with Gasteiger partial charge in [0, 0.05) is 36.0 Å². The topological polar surface area (TPSA) is 77.2 Å². The molecule has 0 aliphatic carbocycles. The van der Waals surface area contributed by atoms with Crippen LogP contribution in [0.15, 0.2) is 57.1 Å². The molecule has 0 bridgehead atoms. The molecule has 5 rings (SSSR count). The second-order valence-electron chi connectivity index (χ2n) is 9.10. The number of H-pyrrole nitrogens is 1. The van der Waals surface area contributed by atoms with E-state index in [4.69, 9.17) is 0 Å². The van der Waals surface area contributed by atoms with E-state index >= 15 is 0 Å². The van der Waals surface area contributed by atoms with Crippen molar-refractivity contribution in [3.63, 3.8) is 0 Å². The van der Waals surface area contributed by atoms with Gasteiger partial charge in [0.25, 0.3) is 11.5 Å². The number of rotatable bonds is 3. The number of amides is 1. The summed E-state index contributed by atoms with van der Waals surface area (Å²) in [7, 11) is 0. The summed E-state index contributed by atoms with van der Waals surface area (Å²) in [6.07, 6.45) is -4.76. The molecule has 2 aliphatic heterocycles. The van der Waals surface area contributed by atoms with Crippen molar-refractivity contribution in [3.8, 4) is 0 Å². The van der Waals surface area contributed by atoms with Gasteiger partial charge in [-0.25, -0.2) is 0 Å². The molecule has 1 fully saturated rings. The molecular weight excluding hydrogens is 489 g/mol. The number of piperazine rings is 1. The Kier molecular flexibility index (Phi) is 6.34. The zero-order valence-corrected chi connectivity index (χ0v) is 20.6. The highest BCUT2D eigenvalue weighted by atomic mass is 32.2. The van der Waals surface area contributed by atoms with E-state index < -0.39 is 29.4 Å². The second-order valence-corrected chi connectivity index (χ2v) is 10.2. The number of nitrogens with zero attached hydrogens (tertiary/aromatic N) is 1. The lowest BCUT2D eigenvalue weighted by molar-refractivity contribution is -0.140. The van der Waals surface area contributed by atoms with E-state index in [0.29, 0.717) is 26.2 Å². The third-order valence-corrected chi connectivity index (χ3v) is 7.61. The molecule has 3 heterocycles. The highest BCUT2D eigenvalue weighted by Crippen LogP contribution is 2.45. The second kappa shape index (κ2) is 9.33. The number of benzene rings is 2. The molecule has 2 aromatic carbocycles. The van der Waals surface area contributed by atoms with E-state index in [1.807, 2.05) is 55.2 Å². The first kappa shape index (κ1) is 24.5. The highest BCUT2D eigenvalue weighted by Gasteiger charge is 2.38. The van der Waals surface area contributed by atoms with Gasteiger partial charge in [-0.3, -0.25) is 9.59 Å². The standard InChI is InChI=1S/C26H25F3N4O2S/c1-14-3-5-16-20(11-14)36-21-12-15(2)4-6-17(21)22(16)31-24(34)18-13-19(33-9-7-30-8-10-33)23(26(27,28)29)32-25(18)35/h3-6,11-13,22,30H,7-10H2,1-2H3,(H,31,34)(H,32,35).